The number of halogens is 1. The van der Waals surface area contributed by atoms with Gasteiger partial charge in [-0.3, -0.25) is 9.59 Å². The first-order valence-electron chi connectivity index (χ1n) is 7.15. The average molecular weight is 293 g/mol. The lowest BCUT2D eigenvalue weighted by Crippen LogP contribution is -2.30. The molecule has 0 bridgehead atoms. The predicted octanol–water partition coefficient (Wildman–Crippen LogP) is 2.50. The van der Waals surface area contributed by atoms with Crippen LogP contribution in [0.5, 0.6) is 0 Å². The molecular formula is C16H20FNO3. The second-order valence-electron chi connectivity index (χ2n) is 5.85. The molecule has 0 spiro atoms. The van der Waals surface area contributed by atoms with Crippen molar-refractivity contribution in [3.05, 3.63) is 35.6 Å². The second-order valence-corrected chi connectivity index (χ2v) is 5.85. The number of nitrogens with zero attached hydrogens (tertiary/aromatic N) is 1. The van der Waals surface area contributed by atoms with Crippen molar-refractivity contribution in [3.8, 4) is 0 Å². The van der Waals surface area contributed by atoms with Crippen molar-refractivity contribution in [3.63, 3.8) is 0 Å². The van der Waals surface area contributed by atoms with E-state index in [9.17, 15) is 14.0 Å². The smallest absolute Gasteiger partial charge is 0.308 e. The molecule has 1 saturated heterocycles. The molecule has 1 N–H and O–H groups in total. The number of carboxylic acids is 1. The molecule has 1 amide bonds. The van der Waals surface area contributed by atoms with Crippen molar-refractivity contribution in [2.45, 2.75) is 26.2 Å². The monoisotopic (exact) mass is 293 g/mol. The van der Waals surface area contributed by atoms with E-state index in [1.165, 1.54) is 6.07 Å². The Labute approximate surface area is 123 Å². The fourth-order valence-electron chi connectivity index (χ4n) is 2.87. The standard InChI is InChI=1S/C16H20FNO3/c1-10(12-5-3-4-6-14(12)17)7-15(19)18-8-11(2)13(9-18)16(20)21/h3-6,10-11,13H,7-9H2,1-2H3,(H,20,21)/t10?,11-,13-/m1/s1. The van der Waals surface area contributed by atoms with Crippen LogP contribution in [0.15, 0.2) is 24.3 Å². The topological polar surface area (TPSA) is 57.6 Å². The Morgan fingerprint density at radius 3 is 2.62 bits per heavy atom. The predicted molar refractivity (Wildman–Crippen MR) is 76.3 cm³/mol. The molecule has 0 radical (unpaired) electrons. The summed E-state index contributed by atoms with van der Waals surface area (Å²) in [5.74, 6) is -2.05. The first-order valence-corrected chi connectivity index (χ1v) is 7.15. The van der Waals surface area contributed by atoms with Gasteiger partial charge in [0.15, 0.2) is 0 Å². The number of rotatable bonds is 4. The number of carbonyl (C=O) groups excluding carboxylic acids is 1. The van der Waals surface area contributed by atoms with Gasteiger partial charge in [0, 0.05) is 19.5 Å². The fourth-order valence-corrected chi connectivity index (χ4v) is 2.87. The van der Waals surface area contributed by atoms with E-state index >= 15 is 0 Å². The summed E-state index contributed by atoms with van der Waals surface area (Å²) < 4.78 is 13.7. The highest BCUT2D eigenvalue weighted by atomic mass is 19.1. The zero-order chi connectivity index (χ0) is 15.6. The third-order valence-corrected chi connectivity index (χ3v) is 4.20. The van der Waals surface area contributed by atoms with Gasteiger partial charge in [0.25, 0.3) is 0 Å². The summed E-state index contributed by atoms with van der Waals surface area (Å²) in [6.45, 7) is 4.36. The lowest BCUT2D eigenvalue weighted by Gasteiger charge is -2.19. The minimum atomic E-state index is -0.861. The number of likely N-dealkylation sites (tertiary alicyclic amines) is 1. The van der Waals surface area contributed by atoms with Gasteiger partial charge in [-0.1, -0.05) is 32.0 Å². The molecule has 1 fully saturated rings. The van der Waals surface area contributed by atoms with E-state index in [-0.39, 0.29) is 36.5 Å². The molecular weight excluding hydrogens is 273 g/mol. The van der Waals surface area contributed by atoms with Gasteiger partial charge < -0.3 is 10.0 Å². The number of carboxylic acid groups (broad SMARTS) is 1. The first kappa shape index (κ1) is 15.5. The maximum Gasteiger partial charge on any atom is 0.308 e. The fraction of sp³-hybridized carbons (Fsp3) is 0.500. The molecule has 1 aliphatic rings. The van der Waals surface area contributed by atoms with E-state index in [0.717, 1.165) is 0 Å². The quantitative estimate of drug-likeness (QED) is 0.928. The van der Waals surface area contributed by atoms with Crippen molar-refractivity contribution in [2.75, 3.05) is 13.1 Å². The van der Waals surface area contributed by atoms with E-state index in [0.29, 0.717) is 12.1 Å². The van der Waals surface area contributed by atoms with Crippen molar-refractivity contribution < 1.29 is 19.1 Å². The van der Waals surface area contributed by atoms with Crippen LogP contribution in [0, 0.1) is 17.7 Å². The molecule has 1 aliphatic heterocycles. The maximum atomic E-state index is 13.7. The highest BCUT2D eigenvalue weighted by Crippen LogP contribution is 2.27. The summed E-state index contributed by atoms with van der Waals surface area (Å²) >= 11 is 0. The van der Waals surface area contributed by atoms with Gasteiger partial charge in [-0.05, 0) is 23.5 Å². The largest absolute Gasteiger partial charge is 0.481 e. The summed E-state index contributed by atoms with van der Waals surface area (Å²) in [5.41, 5.74) is 0.521. The molecule has 21 heavy (non-hydrogen) atoms. The maximum absolute atomic E-state index is 13.7. The molecule has 0 aromatic heterocycles. The van der Waals surface area contributed by atoms with Gasteiger partial charge in [-0.25, -0.2) is 4.39 Å². The molecule has 114 valence electrons. The Hall–Kier alpha value is -1.91. The van der Waals surface area contributed by atoms with Crippen LogP contribution in [0.2, 0.25) is 0 Å². The number of hydrogen-bond donors (Lipinski definition) is 1. The van der Waals surface area contributed by atoms with Crippen molar-refractivity contribution in [1.29, 1.82) is 0 Å². The minimum absolute atomic E-state index is 0.0461. The third-order valence-electron chi connectivity index (χ3n) is 4.20. The van der Waals surface area contributed by atoms with E-state index < -0.39 is 11.9 Å². The number of hydrogen-bond acceptors (Lipinski definition) is 2. The molecule has 0 saturated carbocycles. The Kier molecular flexibility index (Phi) is 4.60. The van der Waals surface area contributed by atoms with Crippen LogP contribution in [0.25, 0.3) is 0 Å². The summed E-state index contributed by atoms with van der Waals surface area (Å²) in [6, 6.07) is 6.43. The molecule has 1 unspecified atom stereocenters. The Morgan fingerprint density at radius 1 is 1.38 bits per heavy atom. The van der Waals surface area contributed by atoms with Crippen molar-refractivity contribution >= 4 is 11.9 Å². The minimum Gasteiger partial charge on any atom is -0.481 e. The van der Waals surface area contributed by atoms with Crippen molar-refractivity contribution in [2.24, 2.45) is 11.8 Å². The molecule has 1 aromatic carbocycles. The lowest BCUT2D eigenvalue weighted by atomic mass is 9.96. The number of amides is 1. The highest BCUT2D eigenvalue weighted by Gasteiger charge is 2.37. The molecule has 1 aromatic rings. The SMILES string of the molecule is CC(CC(=O)N1C[C@@H](C)[C@H](C(=O)O)C1)c1ccccc1F. The molecule has 1 heterocycles. The Bertz CT molecular complexity index is 546. The van der Waals surface area contributed by atoms with Gasteiger partial charge in [0.2, 0.25) is 5.91 Å². The Morgan fingerprint density at radius 2 is 2.05 bits per heavy atom. The van der Waals surface area contributed by atoms with Gasteiger partial charge in [-0.15, -0.1) is 0 Å². The van der Waals surface area contributed by atoms with Crippen LogP contribution in [0.1, 0.15) is 31.7 Å². The summed E-state index contributed by atoms with van der Waals surface area (Å²) in [5, 5.41) is 9.09. The van der Waals surface area contributed by atoms with Gasteiger partial charge in [0.1, 0.15) is 5.82 Å². The van der Waals surface area contributed by atoms with Gasteiger partial charge >= 0.3 is 5.97 Å². The van der Waals surface area contributed by atoms with Crippen LogP contribution < -0.4 is 0 Å². The van der Waals surface area contributed by atoms with Crippen LogP contribution >= 0.6 is 0 Å². The van der Waals surface area contributed by atoms with E-state index in [4.69, 9.17) is 5.11 Å². The number of benzene rings is 1. The van der Waals surface area contributed by atoms with E-state index in [2.05, 4.69) is 0 Å². The molecule has 4 nitrogen and oxygen atoms in total. The van der Waals surface area contributed by atoms with Crippen LogP contribution in [-0.2, 0) is 9.59 Å². The molecule has 5 heteroatoms. The molecule has 0 aliphatic carbocycles. The van der Waals surface area contributed by atoms with E-state index in [1.807, 2.05) is 13.8 Å². The molecule has 3 atom stereocenters. The first-order chi connectivity index (χ1) is 9.90. The van der Waals surface area contributed by atoms with Gasteiger partial charge in [-0.2, -0.15) is 0 Å². The summed E-state index contributed by atoms with van der Waals surface area (Å²) in [7, 11) is 0. The second kappa shape index (κ2) is 6.24. The van der Waals surface area contributed by atoms with Gasteiger partial charge in [0.05, 0.1) is 5.92 Å². The van der Waals surface area contributed by atoms with Crippen LogP contribution in [0.4, 0.5) is 4.39 Å². The van der Waals surface area contributed by atoms with Crippen LogP contribution in [0.3, 0.4) is 0 Å². The van der Waals surface area contributed by atoms with Crippen LogP contribution in [-0.4, -0.2) is 35.0 Å². The third kappa shape index (κ3) is 3.40. The highest BCUT2D eigenvalue weighted by molar-refractivity contribution is 5.79. The number of aliphatic carboxylic acids is 1. The summed E-state index contributed by atoms with van der Waals surface area (Å²) in [6.07, 6.45) is 0.194. The Balaban J connectivity index is 1.99. The zero-order valence-corrected chi connectivity index (χ0v) is 12.3. The zero-order valence-electron chi connectivity index (χ0n) is 12.3. The molecule has 2 rings (SSSR count). The average Bonchev–Trinajstić information content (AvgIpc) is 2.81. The van der Waals surface area contributed by atoms with Crippen molar-refractivity contribution in [1.82, 2.24) is 4.90 Å². The summed E-state index contributed by atoms with van der Waals surface area (Å²) in [4.78, 5) is 24.9. The number of carbonyl (C=O) groups is 2. The lowest BCUT2D eigenvalue weighted by molar-refractivity contribution is -0.142. The normalized spacial score (nSPS) is 23.1. The van der Waals surface area contributed by atoms with E-state index in [1.54, 1.807) is 23.1 Å².